The third-order valence-electron chi connectivity index (χ3n) is 13.4. The first-order valence-corrected chi connectivity index (χ1v) is 21.3. The molecule has 0 saturated heterocycles. The van der Waals surface area contributed by atoms with E-state index in [0.29, 0.717) is 17.7 Å². The Morgan fingerprint density at radius 2 is 1.02 bits per heavy atom. The number of hydrogen-bond donors (Lipinski definition) is 2. The molecule has 9 nitrogen and oxygen atoms in total. The minimum atomic E-state index is -0.321. The molecule has 3 heterocycles. The predicted molar refractivity (Wildman–Crippen MR) is 222 cm³/mol. The number of benzene rings is 3. The largest absolute Gasteiger partial charge is 1.00 e. The van der Waals surface area contributed by atoms with Gasteiger partial charge in [0.2, 0.25) is 11.8 Å². The van der Waals surface area contributed by atoms with Crippen molar-refractivity contribution in [3.63, 3.8) is 0 Å². The summed E-state index contributed by atoms with van der Waals surface area (Å²) in [6.45, 7) is 9.24. The Morgan fingerprint density at radius 3 is 1.42 bits per heavy atom. The smallest absolute Gasteiger partial charge is 0.870 e. The number of fused-ring (bicyclic) bond motifs is 3. The molecule has 10 heteroatoms. The number of nitrogens with one attached hydrogen (secondary N) is 1. The maximum atomic E-state index is 11.2. The van der Waals surface area contributed by atoms with Gasteiger partial charge in [0.1, 0.15) is 0 Å². The molecular formula is C47H63LiN5O4-. The van der Waals surface area contributed by atoms with Crippen molar-refractivity contribution in [2.24, 2.45) is 5.73 Å². The fraction of sp³-hybridized carbons (Fsp3) is 0.553. The van der Waals surface area contributed by atoms with Gasteiger partial charge in [0.25, 0.3) is 0 Å². The number of nitrogens with two attached hydrogens (primary N) is 1. The summed E-state index contributed by atoms with van der Waals surface area (Å²) < 4.78 is 0. The number of carbonyl (C=O) groups excluding carboxylic acids is 3. The second-order valence-corrected chi connectivity index (χ2v) is 16.8. The third kappa shape index (κ3) is 11.9. The zero-order chi connectivity index (χ0) is 38.1. The van der Waals surface area contributed by atoms with Crippen LogP contribution in [0.1, 0.15) is 120 Å². The summed E-state index contributed by atoms with van der Waals surface area (Å²) >= 11 is 0. The van der Waals surface area contributed by atoms with E-state index in [0.717, 1.165) is 69.9 Å². The molecule has 4 N–H and O–H groups in total. The second-order valence-electron chi connectivity index (χ2n) is 16.8. The molecule has 3 aliphatic heterocycles. The van der Waals surface area contributed by atoms with Gasteiger partial charge in [0.05, 0.1) is 6.29 Å². The van der Waals surface area contributed by atoms with Crippen LogP contribution in [0.3, 0.4) is 0 Å². The van der Waals surface area contributed by atoms with E-state index in [1.165, 1.54) is 123 Å². The molecule has 0 spiro atoms. The van der Waals surface area contributed by atoms with E-state index in [-0.39, 0.29) is 36.2 Å². The van der Waals surface area contributed by atoms with Crippen LogP contribution in [0, 0.1) is 0 Å². The second kappa shape index (κ2) is 21.6. The summed E-state index contributed by atoms with van der Waals surface area (Å²) in [6, 6.07) is 21.2. The van der Waals surface area contributed by atoms with E-state index in [2.05, 4.69) is 50.3 Å². The van der Waals surface area contributed by atoms with Crippen molar-refractivity contribution in [2.45, 2.75) is 128 Å². The SMILES string of the molecule is CC(=O)NCc1ccc2c(c1)CCN(C1CCC1)CC2.NC(=O)c1ccc2c(c1)CCN(C1CCC1)CC2.O=[C-]c1ccc2c(c1)CCN(C1CCC1)CC2.[Li+].[OH-]. The van der Waals surface area contributed by atoms with E-state index in [1.54, 1.807) is 6.92 Å². The van der Waals surface area contributed by atoms with E-state index in [9.17, 15) is 14.4 Å². The van der Waals surface area contributed by atoms with Crippen LogP contribution >= 0.6 is 0 Å². The molecule has 3 aliphatic carbocycles. The quantitative estimate of drug-likeness (QED) is 0.280. The molecule has 302 valence electrons. The van der Waals surface area contributed by atoms with Gasteiger partial charge < -0.3 is 21.3 Å². The molecule has 0 aromatic heterocycles. The summed E-state index contributed by atoms with van der Waals surface area (Å²) in [5, 5.41) is 2.88. The van der Waals surface area contributed by atoms with Gasteiger partial charge in [-0.15, -0.1) is 6.07 Å². The normalized spacial score (nSPS) is 19.9. The minimum Gasteiger partial charge on any atom is -0.870 e. The average molecular weight is 769 g/mol. The van der Waals surface area contributed by atoms with Crippen LogP contribution in [0.5, 0.6) is 0 Å². The standard InChI is InChI=1S/C17H24N2O.C15H20N2O.C15H18NO.Li.H2O/c1-13(20)18-12-14-5-6-15-7-9-19(17-3-2-4-17)10-8-16(15)11-14;16-15(18)13-5-4-11-6-8-17(14-2-1-3-14)9-7-12(11)10-13;17-11-12-4-5-13-6-8-16(15-2-1-3-15)9-7-14(13)10-12;;/h5-6,11,17H,2-4,7-10,12H2,1H3,(H,18,20);4-5,10,14H,1-3,6-9H2,(H2,16,18);4-5,10,15H,1-3,6-9H2;;1H2/q;;-1;+1;/p-1. The Balaban J connectivity index is 0.000000161. The number of carbonyl (C=O) groups is 2. The van der Waals surface area contributed by atoms with Crippen molar-refractivity contribution in [1.82, 2.24) is 20.0 Å². The molecule has 2 amide bonds. The maximum absolute atomic E-state index is 11.2. The van der Waals surface area contributed by atoms with Crippen molar-refractivity contribution < 1.29 is 38.7 Å². The van der Waals surface area contributed by atoms with Crippen molar-refractivity contribution in [1.29, 1.82) is 0 Å². The average Bonchev–Trinajstić information content (AvgIpc) is 3.56. The van der Waals surface area contributed by atoms with Gasteiger partial charge in [-0.3, -0.25) is 24.3 Å². The van der Waals surface area contributed by atoms with E-state index in [4.69, 9.17) is 5.73 Å². The van der Waals surface area contributed by atoms with Gasteiger partial charge in [-0.2, -0.15) is 17.7 Å². The van der Waals surface area contributed by atoms with Crippen molar-refractivity contribution >= 4 is 18.1 Å². The predicted octanol–water partition coefficient (Wildman–Crippen LogP) is 2.94. The molecule has 9 rings (SSSR count). The summed E-state index contributed by atoms with van der Waals surface area (Å²) in [6.07, 6.45) is 21.2. The fourth-order valence-corrected chi connectivity index (χ4v) is 9.18. The Bertz CT molecular complexity index is 1810. The zero-order valence-electron chi connectivity index (χ0n) is 34.6. The fourth-order valence-electron chi connectivity index (χ4n) is 9.18. The first-order valence-electron chi connectivity index (χ1n) is 21.3. The van der Waals surface area contributed by atoms with Gasteiger partial charge >= 0.3 is 18.9 Å². The molecule has 0 atom stereocenters. The zero-order valence-corrected chi connectivity index (χ0v) is 34.6. The third-order valence-corrected chi connectivity index (χ3v) is 13.4. The summed E-state index contributed by atoms with van der Waals surface area (Å²) in [5.41, 5.74) is 16.4. The molecule has 0 radical (unpaired) electrons. The van der Waals surface area contributed by atoms with E-state index >= 15 is 0 Å². The first kappa shape index (κ1) is 44.8. The topological polar surface area (TPSA) is 129 Å². The molecule has 3 aromatic rings. The van der Waals surface area contributed by atoms with E-state index < -0.39 is 0 Å². The Kier molecular flexibility index (Phi) is 17.0. The van der Waals surface area contributed by atoms with Crippen molar-refractivity contribution in [3.05, 3.63) is 105 Å². The van der Waals surface area contributed by atoms with Gasteiger partial charge in [0, 0.05) is 76.4 Å². The van der Waals surface area contributed by atoms with Gasteiger partial charge in [-0.25, -0.2) is 0 Å². The number of nitrogens with zero attached hydrogens (tertiary/aromatic N) is 3. The molecular weight excluding hydrogens is 705 g/mol. The number of primary amides is 1. The van der Waals surface area contributed by atoms with Gasteiger partial charge in [-0.05, 0) is 117 Å². The van der Waals surface area contributed by atoms with Gasteiger partial charge in [-0.1, -0.05) is 54.7 Å². The molecule has 0 bridgehead atoms. The Morgan fingerprint density at radius 1 is 0.614 bits per heavy atom. The van der Waals surface area contributed by atoms with Crippen LogP contribution in [-0.2, 0) is 54.7 Å². The number of hydrogen-bond acceptors (Lipinski definition) is 7. The minimum absolute atomic E-state index is 0. The molecule has 3 aromatic carbocycles. The summed E-state index contributed by atoms with van der Waals surface area (Å²) in [4.78, 5) is 40.8. The van der Waals surface area contributed by atoms with Crippen LogP contribution in [0.2, 0.25) is 0 Å². The van der Waals surface area contributed by atoms with Gasteiger partial charge in [0.15, 0.2) is 0 Å². The molecule has 0 unspecified atom stereocenters. The van der Waals surface area contributed by atoms with Crippen LogP contribution in [0.4, 0.5) is 0 Å². The number of amides is 2. The van der Waals surface area contributed by atoms with Crippen LogP contribution in [0.25, 0.3) is 0 Å². The molecule has 57 heavy (non-hydrogen) atoms. The first-order chi connectivity index (χ1) is 26.8. The Hall–Kier alpha value is -3.29. The molecule has 3 fully saturated rings. The Labute approximate surface area is 353 Å². The van der Waals surface area contributed by atoms with Crippen molar-refractivity contribution in [3.8, 4) is 0 Å². The number of rotatable bonds is 7. The van der Waals surface area contributed by atoms with Crippen LogP contribution in [0.15, 0.2) is 54.6 Å². The van der Waals surface area contributed by atoms with Crippen LogP contribution < -0.4 is 29.9 Å². The molecule has 6 aliphatic rings. The monoisotopic (exact) mass is 769 g/mol. The maximum Gasteiger partial charge on any atom is 1.00 e. The van der Waals surface area contributed by atoms with Crippen molar-refractivity contribution in [2.75, 3.05) is 39.3 Å². The van der Waals surface area contributed by atoms with E-state index in [1.807, 2.05) is 30.6 Å². The molecule has 3 saturated carbocycles. The van der Waals surface area contributed by atoms with Crippen LogP contribution in [-0.4, -0.2) is 95.7 Å². The summed E-state index contributed by atoms with van der Waals surface area (Å²) in [5.74, 6) is -0.283. The summed E-state index contributed by atoms with van der Waals surface area (Å²) in [7, 11) is 0.